The lowest BCUT2D eigenvalue weighted by atomic mass is 10.2. The van der Waals surface area contributed by atoms with Crippen molar-refractivity contribution in [1.82, 2.24) is 0 Å². The number of carbonyl (C=O) groups is 1. The van der Waals surface area contributed by atoms with Crippen LogP contribution in [0.15, 0.2) is 42.5 Å². The Morgan fingerprint density at radius 3 is 2.72 bits per heavy atom. The summed E-state index contributed by atoms with van der Waals surface area (Å²) in [6.07, 6.45) is 2.48. The third kappa shape index (κ3) is 6.92. The number of hydrogen-bond acceptors (Lipinski definition) is 5. The van der Waals surface area contributed by atoms with Gasteiger partial charge in [-0.2, -0.15) is 0 Å². The smallest absolute Gasteiger partial charge is 0.226 e. The molecule has 29 heavy (non-hydrogen) atoms. The van der Waals surface area contributed by atoms with Crippen molar-refractivity contribution in [3.63, 3.8) is 0 Å². The molecule has 1 heterocycles. The molecule has 1 amide bonds. The van der Waals surface area contributed by atoms with Gasteiger partial charge >= 0.3 is 0 Å². The predicted octanol–water partition coefficient (Wildman–Crippen LogP) is 5.06. The lowest BCUT2D eigenvalue weighted by Crippen LogP contribution is -2.18. The fourth-order valence-corrected chi connectivity index (χ4v) is 3.13. The van der Waals surface area contributed by atoms with Gasteiger partial charge in [0.15, 0.2) is 5.75 Å². The van der Waals surface area contributed by atoms with Gasteiger partial charge in [0.2, 0.25) is 5.91 Å². The fourth-order valence-electron chi connectivity index (χ4n) is 2.95. The van der Waals surface area contributed by atoms with E-state index in [0.29, 0.717) is 42.0 Å². The number of anilines is 1. The predicted molar refractivity (Wildman–Crippen MR) is 112 cm³/mol. The van der Waals surface area contributed by atoms with E-state index in [1.165, 1.54) is 0 Å². The fraction of sp³-hybridized carbons (Fsp3) is 0.409. The van der Waals surface area contributed by atoms with Crippen molar-refractivity contribution < 1.29 is 23.7 Å². The molecule has 6 nitrogen and oxygen atoms in total. The molecule has 2 aromatic rings. The van der Waals surface area contributed by atoms with Crippen molar-refractivity contribution in [3.05, 3.63) is 47.5 Å². The SMILES string of the molecule is CCOc1ccc(Oc2ccc(Cl)cc2NC(=O)CCOCC2CCCO2)cc1. The maximum Gasteiger partial charge on any atom is 0.226 e. The summed E-state index contributed by atoms with van der Waals surface area (Å²) < 4.78 is 22.4. The highest BCUT2D eigenvalue weighted by atomic mass is 35.5. The molecule has 1 atom stereocenters. The number of hydrogen-bond donors (Lipinski definition) is 1. The molecular formula is C22H26ClNO5. The number of halogens is 1. The van der Waals surface area contributed by atoms with Gasteiger partial charge in [0.25, 0.3) is 0 Å². The molecule has 1 N–H and O–H groups in total. The van der Waals surface area contributed by atoms with E-state index in [4.69, 9.17) is 30.5 Å². The molecule has 0 aromatic heterocycles. The van der Waals surface area contributed by atoms with Crippen LogP contribution in [-0.4, -0.2) is 38.4 Å². The Morgan fingerprint density at radius 1 is 1.21 bits per heavy atom. The van der Waals surface area contributed by atoms with Crippen molar-refractivity contribution in [2.45, 2.75) is 32.3 Å². The van der Waals surface area contributed by atoms with Crippen LogP contribution >= 0.6 is 11.6 Å². The Morgan fingerprint density at radius 2 is 2.00 bits per heavy atom. The molecule has 1 fully saturated rings. The average molecular weight is 420 g/mol. The zero-order valence-corrected chi connectivity index (χ0v) is 17.2. The minimum atomic E-state index is -0.170. The van der Waals surface area contributed by atoms with Crippen molar-refractivity contribution in [1.29, 1.82) is 0 Å². The highest BCUT2D eigenvalue weighted by molar-refractivity contribution is 6.31. The van der Waals surface area contributed by atoms with E-state index >= 15 is 0 Å². The zero-order valence-electron chi connectivity index (χ0n) is 16.5. The van der Waals surface area contributed by atoms with E-state index in [-0.39, 0.29) is 18.4 Å². The summed E-state index contributed by atoms with van der Waals surface area (Å²) >= 11 is 6.10. The monoisotopic (exact) mass is 419 g/mol. The van der Waals surface area contributed by atoms with Crippen LogP contribution in [0.4, 0.5) is 5.69 Å². The van der Waals surface area contributed by atoms with Crippen molar-refractivity contribution in [2.75, 3.05) is 31.7 Å². The van der Waals surface area contributed by atoms with E-state index in [9.17, 15) is 4.79 Å². The molecular weight excluding hydrogens is 394 g/mol. The van der Waals surface area contributed by atoms with Crippen LogP contribution in [0.5, 0.6) is 17.2 Å². The minimum absolute atomic E-state index is 0.153. The van der Waals surface area contributed by atoms with Crippen LogP contribution in [0.2, 0.25) is 5.02 Å². The molecule has 0 radical (unpaired) electrons. The summed E-state index contributed by atoms with van der Waals surface area (Å²) in [4.78, 5) is 12.3. The summed E-state index contributed by atoms with van der Waals surface area (Å²) in [6.45, 7) is 4.18. The van der Waals surface area contributed by atoms with Crippen molar-refractivity contribution in [2.24, 2.45) is 0 Å². The molecule has 0 aliphatic carbocycles. The summed E-state index contributed by atoms with van der Waals surface area (Å²) in [5.41, 5.74) is 0.510. The Bertz CT molecular complexity index is 790. The molecule has 3 rings (SSSR count). The number of carbonyl (C=O) groups excluding carboxylic acids is 1. The first kappa shape index (κ1) is 21.4. The first-order valence-corrected chi connectivity index (χ1v) is 10.2. The second kappa shape index (κ2) is 11.0. The standard InChI is InChI=1S/C22H26ClNO5/c1-2-27-17-6-8-18(9-7-17)29-21-10-5-16(23)14-20(21)24-22(25)11-13-26-15-19-4-3-12-28-19/h5-10,14,19H,2-4,11-13,15H2,1H3,(H,24,25). The quantitative estimate of drug-likeness (QED) is 0.545. The van der Waals surface area contributed by atoms with Gasteiger partial charge < -0.3 is 24.3 Å². The number of rotatable bonds is 10. The Labute approximate surface area is 176 Å². The highest BCUT2D eigenvalue weighted by Crippen LogP contribution is 2.32. The van der Waals surface area contributed by atoms with Crippen LogP contribution in [0, 0.1) is 0 Å². The van der Waals surface area contributed by atoms with E-state index in [1.54, 1.807) is 18.2 Å². The Kier molecular flexibility index (Phi) is 8.16. The van der Waals surface area contributed by atoms with Gasteiger partial charge in [0.1, 0.15) is 11.5 Å². The lowest BCUT2D eigenvalue weighted by molar-refractivity contribution is -0.117. The van der Waals surface area contributed by atoms with Gasteiger partial charge in [-0.3, -0.25) is 4.79 Å². The molecule has 7 heteroatoms. The molecule has 0 bridgehead atoms. The largest absolute Gasteiger partial charge is 0.494 e. The maximum absolute atomic E-state index is 12.3. The van der Waals surface area contributed by atoms with Crippen LogP contribution in [0.3, 0.4) is 0 Å². The number of benzene rings is 2. The molecule has 1 aliphatic heterocycles. The molecule has 2 aromatic carbocycles. The minimum Gasteiger partial charge on any atom is -0.494 e. The first-order valence-electron chi connectivity index (χ1n) is 9.83. The Hall–Kier alpha value is -2.28. The van der Waals surface area contributed by atoms with Gasteiger partial charge in [-0.05, 0) is 62.2 Å². The second-order valence-corrected chi connectivity index (χ2v) is 7.09. The summed E-state index contributed by atoms with van der Waals surface area (Å²) in [5.74, 6) is 1.74. The average Bonchev–Trinajstić information content (AvgIpc) is 3.23. The van der Waals surface area contributed by atoms with E-state index in [2.05, 4.69) is 5.32 Å². The molecule has 1 saturated heterocycles. The summed E-state index contributed by atoms with van der Waals surface area (Å²) in [7, 11) is 0. The zero-order chi connectivity index (χ0) is 20.5. The van der Waals surface area contributed by atoms with Gasteiger partial charge in [-0.25, -0.2) is 0 Å². The van der Waals surface area contributed by atoms with E-state index in [0.717, 1.165) is 25.2 Å². The molecule has 0 saturated carbocycles. The van der Waals surface area contributed by atoms with E-state index in [1.807, 2.05) is 31.2 Å². The van der Waals surface area contributed by atoms with E-state index < -0.39 is 0 Å². The number of amides is 1. The second-order valence-electron chi connectivity index (χ2n) is 6.66. The summed E-state index contributed by atoms with van der Waals surface area (Å²) in [6, 6.07) is 12.4. The molecule has 0 spiro atoms. The molecule has 156 valence electrons. The van der Waals surface area contributed by atoms with Crippen molar-refractivity contribution >= 4 is 23.2 Å². The molecule has 1 aliphatic rings. The van der Waals surface area contributed by atoms with Gasteiger partial charge in [0, 0.05) is 11.6 Å². The Balaban J connectivity index is 1.54. The highest BCUT2D eigenvalue weighted by Gasteiger charge is 2.16. The summed E-state index contributed by atoms with van der Waals surface area (Å²) in [5, 5.41) is 3.36. The van der Waals surface area contributed by atoms with Crippen molar-refractivity contribution in [3.8, 4) is 17.2 Å². The van der Waals surface area contributed by atoms with Gasteiger partial charge in [0.05, 0.1) is 38.0 Å². The van der Waals surface area contributed by atoms with Crippen LogP contribution in [0.1, 0.15) is 26.2 Å². The number of nitrogens with one attached hydrogen (secondary N) is 1. The van der Waals surface area contributed by atoms with Gasteiger partial charge in [-0.15, -0.1) is 0 Å². The third-order valence-corrected chi connectivity index (χ3v) is 4.61. The van der Waals surface area contributed by atoms with Crippen LogP contribution < -0.4 is 14.8 Å². The van der Waals surface area contributed by atoms with Gasteiger partial charge in [-0.1, -0.05) is 11.6 Å². The first-order chi connectivity index (χ1) is 14.1. The van der Waals surface area contributed by atoms with Crippen LogP contribution in [-0.2, 0) is 14.3 Å². The lowest BCUT2D eigenvalue weighted by Gasteiger charge is -2.14. The third-order valence-electron chi connectivity index (χ3n) is 4.38. The normalized spacial score (nSPS) is 15.9. The number of ether oxygens (including phenoxy) is 4. The van der Waals surface area contributed by atoms with Crippen LogP contribution in [0.25, 0.3) is 0 Å². The topological polar surface area (TPSA) is 66.0 Å². The molecule has 1 unspecified atom stereocenters. The maximum atomic E-state index is 12.3.